The summed E-state index contributed by atoms with van der Waals surface area (Å²) in [5, 5.41) is 13.6. The summed E-state index contributed by atoms with van der Waals surface area (Å²) in [5.41, 5.74) is 0.149. The molecule has 4 rings (SSSR count). The van der Waals surface area contributed by atoms with Crippen molar-refractivity contribution in [2.75, 3.05) is 4.90 Å². The van der Waals surface area contributed by atoms with Gasteiger partial charge in [-0.25, -0.2) is 4.68 Å². The van der Waals surface area contributed by atoms with Crippen LogP contribution < -0.4 is 10.5 Å². The molecular formula is C17H16N4O4. The van der Waals surface area contributed by atoms with E-state index < -0.39 is 17.2 Å². The predicted molar refractivity (Wildman–Crippen MR) is 88.0 cm³/mol. The molecule has 128 valence electrons. The molecule has 1 atom stereocenters. The Morgan fingerprint density at radius 3 is 2.84 bits per heavy atom. The highest BCUT2D eigenvalue weighted by Gasteiger charge is 2.52. The van der Waals surface area contributed by atoms with E-state index in [2.05, 4.69) is 10.1 Å². The molecule has 1 N–H and O–H groups in total. The first kappa shape index (κ1) is 15.5. The Labute approximate surface area is 142 Å². The summed E-state index contributed by atoms with van der Waals surface area (Å²) in [6, 6.07) is 7.20. The van der Waals surface area contributed by atoms with E-state index in [-0.39, 0.29) is 24.4 Å². The summed E-state index contributed by atoms with van der Waals surface area (Å²) >= 11 is 0. The van der Waals surface area contributed by atoms with Crippen molar-refractivity contribution in [2.24, 2.45) is 0 Å². The van der Waals surface area contributed by atoms with Crippen molar-refractivity contribution in [3.05, 3.63) is 40.3 Å². The molecule has 1 aromatic heterocycles. The molecule has 1 saturated heterocycles. The number of carboxylic acids is 1. The van der Waals surface area contributed by atoms with Gasteiger partial charge >= 0.3 is 5.97 Å². The van der Waals surface area contributed by atoms with Crippen LogP contribution in [0.25, 0.3) is 11.4 Å². The number of hydrogen-bond donors (Lipinski definition) is 1. The fourth-order valence-corrected chi connectivity index (χ4v) is 3.76. The number of para-hydroxylation sites is 1. The average Bonchev–Trinajstić information content (AvgIpc) is 2.93. The molecule has 2 aromatic rings. The number of nitrogens with zero attached hydrogens (tertiary/aromatic N) is 4. The van der Waals surface area contributed by atoms with E-state index in [9.17, 15) is 14.4 Å². The molecule has 0 aliphatic carbocycles. The molecule has 3 heterocycles. The zero-order valence-electron chi connectivity index (χ0n) is 13.6. The Balaban J connectivity index is 2.04. The zero-order valence-corrected chi connectivity index (χ0v) is 13.6. The lowest BCUT2D eigenvalue weighted by molar-refractivity contribution is -0.137. The third-order valence-electron chi connectivity index (χ3n) is 4.89. The maximum atomic E-state index is 12.6. The number of amides is 1. The van der Waals surface area contributed by atoms with Gasteiger partial charge in [0.15, 0.2) is 5.82 Å². The van der Waals surface area contributed by atoms with Gasteiger partial charge in [0.25, 0.3) is 5.56 Å². The van der Waals surface area contributed by atoms with Crippen molar-refractivity contribution in [1.29, 1.82) is 0 Å². The van der Waals surface area contributed by atoms with Gasteiger partial charge in [-0.2, -0.15) is 10.1 Å². The molecule has 2 aliphatic rings. The first-order chi connectivity index (χ1) is 11.9. The van der Waals surface area contributed by atoms with Crippen LogP contribution in [-0.2, 0) is 15.3 Å². The van der Waals surface area contributed by atoms with E-state index in [1.165, 1.54) is 0 Å². The summed E-state index contributed by atoms with van der Waals surface area (Å²) in [6.07, 6.45) is 0.808. The van der Waals surface area contributed by atoms with Gasteiger partial charge in [0.05, 0.1) is 5.69 Å². The van der Waals surface area contributed by atoms with Gasteiger partial charge in [-0.15, -0.1) is 0 Å². The molecule has 0 bridgehead atoms. The quantitative estimate of drug-likeness (QED) is 0.902. The lowest BCUT2D eigenvalue weighted by Crippen LogP contribution is -2.53. The van der Waals surface area contributed by atoms with Crippen LogP contribution >= 0.6 is 0 Å². The summed E-state index contributed by atoms with van der Waals surface area (Å²) < 4.78 is 1.58. The Bertz CT molecular complexity index is 967. The number of carbonyl (C=O) groups excluding carboxylic acids is 1. The number of benzene rings is 1. The molecule has 8 nitrogen and oxygen atoms in total. The van der Waals surface area contributed by atoms with Crippen molar-refractivity contribution in [1.82, 2.24) is 14.8 Å². The number of rotatable bonds is 3. The molecular weight excluding hydrogens is 324 g/mol. The van der Waals surface area contributed by atoms with Gasteiger partial charge < -0.3 is 5.11 Å². The number of anilines is 1. The summed E-state index contributed by atoms with van der Waals surface area (Å²) in [6.45, 7) is 1.56. The number of aliphatic carboxylic acids is 1. The van der Waals surface area contributed by atoms with E-state index in [1.54, 1.807) is 34.7 Å². The lowest BCUT2D eigenvalue weighted by Gasteiger charge is -2.44. The SMILES string of the molecule is Cc1nn2c(nc1=O)-c1ccccc1N1C(=O)CC[C@@]12CCC(=O)O. The number of aryl methyl sites for hydroxylation is 1. The minimum Gasteiger partial charge on any atom is -0.481 e. The predicted octanol–water partition coefficient (Wildman–Crippen LogP) is 1.27. The van der Waals surface area contributed by atoms with Gasteiger partial charge in [0, 0.05) is 31.2 Å². The Morgan fingerprint density at radius 2 is 2.08 bits per heavy atom. The minimum absolute atomic E-state index is 0.0818. The molecule has 1 amide bonds. The summed E-state index contributed by atoms with van der Waals surface area (Å²) in [4.78, 5) is 41.7. The number of aromatic nitrogens is 3. The standard InChI is InChI=1S/C17H16N4O4/c1-10-16(25)18-15-11-4-2-3-5-12(11)20-13(22)6-8-17(20,21(15)19-10)9-7-14(23)24/h2-5H,6-9H2,1H3,(H,23,24)/t17-/m1/s1. The molecule has 2 aliphatic heterocycles. The van der Waals surface area contributed by atoms with E-state index in [0.29, 0.717) is 29.9 Å². The highest BCUT2D eigenvalue weighted by atomic mass is 16.4. The Hall–Kier alpha value is -3.03. The van der Waals surface area contributed by atoms with Crippen LogP contribution in [0.1, 0.15) is 31.4 Å². The number of carboxylic acid groups (broad SMARTS) is 1. The van der Waals surface area contributed by atoms with Crippen molar-refractivity contribution >= 4 is 17.6 Å². The normalized spacial score (nSPS) is 20.8. The monoisotopic (exact) mass is 340 g/mol. The van der Waals surface area contributed by atoms with E-state index in [1.807, 2.05) is 6.07 Å². The van der Waals surface area contributed by atoms with Crippen LogP contribution in [0.4, 0.5) is 5.69 Å². The molecule has 0 radical (unpaired) electrons. The molecule has 25 heavy (non-hydrogen) atoms. The zero-order chi connectivity index (χ0) is 17.8. The fourth-order valence-electron chi connectivity index (χ4n) is 3.76. The number of hydrogen-bond acceptors (Lipinski definition) is 5. The van der Waals surface area contributed by atoms with Crippen molar-refractivity contribution in [3.63, 3.8) is 0 Å². The molecule has 0 unspecified atom stereocenters. The lowest BCUT2D eigenvalue weighted by atomic mass is 9.95. The van der Waals surface area contributed by atoms with Crippen LogP contribution in [0.3, 0.4) is 0 Å². The van der Waals surface area contributed by atoms with E-state index >= 15 is 0 Å². The van der Waals surface area contributed by atoms with Crippen LogP contribution in [0.5, 0.6) is 0 Å². The van der Waals surface area contributed by atoms with Gasteiger partial charge in [-0.05, 0) is 19.1 Å². The number of carbonyl (C=O) groups is 2. The molecule has 1 fully saturated rings. The third-order valence-corrected chi connectivity index (χ3v) is 4.89. The third kappa shape index (κ3) is 2.10. The highest BCUT2D eigenvalue weighted by molar-refractivity contribution is 6.01. The van der Waals surface area contributed by atoms with Crippen LogP contribution in [0.2, 0.25) is 0 Å². The first-order valence-electron chi connectivity index (χ1n) is 8.07. The minimum atomic E-state index is -0.945. The smallest absolute Gasteiger partial charge is 0.303 e. The fraction of sp³-hybridized carbons (Fsp3) is 0.353. The van der Waals surface area contributed by atoms with Crippen molar-refractivity contribution in [2.45, 2.75) is 38.3 Å². The van der Waals surface area contributed by atoms with Gasteiger partial charge in [-0.1, -0.05) is 12.1 Å². The molecule has 0 saturated carbocycles. The second-order valence-corrected chi connectivity index (χ2v) is 6.36. The van der Waals surface area contributed by atoms with E-state index in [4.69, 9.17) is 5.11 Å². The molecule has 1 aromatic carbocycles. The van der Waals surface area contributed by atoms with Gasteiger partial charge in [0.1, 0.15) is 11.4 Å². The van der Waals surface area contributed by atoms with Gasteiger partial charge in [-0.3, -0.25) is 19.3 Å². The van der Waals surface area contributed by atoms with Crippen molar-refractivity contribution < 1.29 is 14.7 Å². The molecule has 0 spiro atoms. The molecule has 8 heteroatoms. The van der Waals surface area contributed by atoms with Crippen LogP contribution in [-0.4, -0.2) is 31.7 Å². The largest absolute Gasteiger partial charge is 0.481 e. The topological polar surface area (TPSA) is 105 Å². The summed E-state index contributed by atoms with van der Waals surface area (Å²) in [7, 11) is 0. The van der Waals surface area contributed by atoms with Crippen LogP contribution in [0, 0.1) is 6.92 Å². The second-order valence-electron chi connectivity index (χ2n) is 6.36. The number of fused-ring (bicyclic) bond motifs is 6. The summed E-state index contributed by atoms with van der Waals surface area (Å²) in [5.74, 6) is -0.649. The maximum absolute atomic E-state index is 12.6. The van der Waals surface area contributed by atoms with Crippen molar-refractivity contribution in [3.8, 4) is 11.4 Å². The average molecular weight is 340 g/mol. The van der Waals surface area contributed by atoms with Gasteiger partial charge in [0.2, 0.25) is 5.91 Å². The first-order valence-corrected chi connectivity index (χ1v) is 8.07. The Kier molecular flexibility index (Phi) is 3.24. The Morgan fingerprint density at radius 1 is 1.32 bits per heavy atom. The highest BCUT2D eigenvalue weighted by Crippen LogP contribution is 2.49. The van der Waals surface area contributed by atoms with E-state index in [0.717, 1.165) is 0 Å². The second kappa shape index (κ2) is 5.23. The maximum Gasteiger partial charge on any atom is 0.303 e. The van der Waals surface area contributed by atoms with Crippen LogP contribution in [0.15, 0.2) is 29.1 Å².